The number of rotatable bonds is 4. The second-order valence-electron chi connectivity index (χ2n) is 4.25. The van der Waals surface area contributed by atoms with Gasteiger partial charge in [0.1, 0.15) is 5.82 Å². The number of thiazole rings is 1. The van der Waals surface area contributed by atoms with Crippen LogP contribution in [0.3, 0.4) is 0 Å². The van der Waals surface area contributed by atoms with Gasteiger partial charge in [-0.3, -0.25) is 4.79 Å². The van der Waals surface area contributed by atoms with Crippen LogP contribution in [0.1, 0.15) is 16.1 Å². The van der Waals surface area contributed by atoms with E-state index < -0.39 is 6.04 Å². The molecule has 6 heteroatoms. The predicted octanol–water partition coefficient (Wildman–Crippen LogP) is 1.50. The van der Waals surface area contributed by atoms with E-state index in [-0.39, 0.29) is 12.3 Å². The third kappa shape index (κ3) is 3.67. The zero-order chi connectivity index (χ0) is 15.2. The monoisotopic (exact) mass is 296 g/mol. The molecule has 104 valence electrons. The van der Waals surface area contributed by atoms with E-state index in [1.807, 2.05) is 0 Å². The first-order chi connectivity index (χ1) is 10.1. The van der Waals surface area contributed by atoms with Crippen LogP contribution in [0.15, 0.2) is 29.6 Å². The van der Waals surface area contributed by atoms with Crippen molar-refractivity contribution in [2.75, 3.05) is 5.32 Å². The van der Waals surface area contributed by atoms with Crippen LogP contribution in [-0.2, 0) is 11.2 Å². The van der Waals surface area contributed by atoms with E-state index in [2.05, 4.69) is 22.3 Å². The van der Waals surface area contributed by atoms with E-state index in [0.717, 1.165) is 5.56 Å². The third-order valence-corrected chi connectivity index (χ3v) is 3.57. The number of carbonyl (C=O) groups excluding carboxylic acids is 1. The van der Waals surface area contributed by atoms with Crippen LogP contribution < -0.4 is 11.1 Å². The molecule has 3 N–H and O–H groups in total. The summed E-state index contributed by atoms with van der Waals surface area (Å²) >= 11 is 1.27. The Balaban J connectivity index is 2.03. The van der Waals surface area contributed by atoms with Gasteiger partial charge in [0.25, 0.3) is 0 Å². The van der Waals surface area contributed by atoms with Crippen LogP contribution in [-0.4, -0.2) is 16.9 Å². The van der Waals surface area contributed by atoms with Crippen molar-refractivity contribution in [1.29, 1.82) is 5.26 Å². The number of nitriles is 1. The topological polar surface area (TPSA) is 91.8 Å². The standard InChI is InChI=1S/C15H12N4OS/c1-2-14-18-13(9-21-14)19-15(20)12(17)7-10-5-3-4-6-11(10)8-16/h1,3-6,9,12H,7,17H2,(H,19,20)/t12-/m0/s1. The van der Waals surface area contributed by atoms with Crippen LogP contribution in [0.5, 0.6) is 0 Å². The van der Waals surface area contributed by atoms with Crippen LogP contribution in [0.4, 0.5) is 5.82 Å². The highest BCUT2D eigenvalue weighted by Gasteiger charge is 2.17. The van der Waals surface area contributed by atoms with Gasteiger partial charge in [0, 0.05) is 5.38 Å². The van der Waals surface area contributed by atoms with Crippen molar-refractivity contribution < 1.29 is 4.79 Å². The number of amides is 1. The SMILES string of the molecule is C#Cc1nc(NC(=O)[C@@H](N)Cc2ccccc2C#N)cs1. The summed E-state index contributed by atoms with van der Waals surface area (Å²) in [6, 6.07) is 8.36. The molecule has 1 aromatic heterocycles. The number of benzene rings is 1. The molecule has 1 heterocycles. The first-order valence-corrected chi connectivity index (χ1v) is 6.98. The molecule has 0 unspecified atom stereocenters. The maximum Gasteiger partial charge on any atom is 0.242 e. The minimum Gasteiger partial charge on any atom is -0.320 e. The number of carbonyl (C=O) groups is 1. The molecule has 1 atom stereocenters. The fraction of sp³-hybridized carbons (Fsp3) is 0.133. The lowest BCUT2D eigenvalue weighted by molar-refractivity contribution is -0.117. The van der Waals surface area contributed by atoms with Crippen LogP contribution in [0, 0.1) is 23.7 Å². The summed E-state index contributed by atoms with van der Waals surface area (Å²) in [6.07, 6.45) is 5.50. The Hall–Kier alpha value is -2.67. The van der Waals surface area contributed by atoms with Gasteiger partial charge in [-0.15, -0.1) is 17.8 Å². The van der Waals surface area contributed by atoms with Crippen LogP contribution >= 0.6 is 11.3 Å². The normalized spacial score (nSPS) is 11.2. The molecule has 1 amide bonds. The lowest BCUT2D eigenvalue weighted by Crippen LogP contribution is -2.37. The van der Waals surface area contributed by atoms with Gasteiger partial charge in [-0.05, 0) is 24.0 Å². The Bertz CT molecular complexity index is 739. The van der Waals surface area contributed by atoms with E-state index in [1.165, 1.54) is 11.3 Å². The average molecular weight is 296 g/mol. The highest BCUT2D eigenvalue weighted by atomic mass is 32.1. The molecule has 2 aromatic rings. The van der Waals surface area contributed by atoms with E-state index in [1.54, 1.807) is 29.6 Å². The number of nitrogens with one attached hydrogen (secondary N) is 1. The Morgan fingerprint density at radius 2 is 2.29 bits per heavy atom. The number of aromatic nitrogens is 1. The van der Waals surface area contributed by atoms with Gasteiger partial charge >= 0.3 is 0 Å². The summed E-state index contributed by atoms with van der Waals surface area (Å²) in [5, 5.41) is 13.8. The van der Waals surface area contributed by atoms with E-state index in [4.69, 9.17) is 17.4 Å². The third-order valence-electron chi connectivity index (χ3n) is 2.79. The van der Waals surface area contributed by atoms with Crippen molar-refractivity contribution >= 4 is 23.1 Å². The fourth-order valence-electron chi connectivity index (χ4n) is 1.75. The molecule has 0 fully saturated rings. The first-order valence-electron chi connectivity index (χ1n) is 6.10. The summed E-state index contributed by atoms with van der Waals surface area (Å²) in [5.74, 6) is 2.42. The van der Waals surface area contributed by atoms with Gasteiger partial charge in [-0.2, -0.15) is 5.26 Å². The number of nitrogens with zero attached hydrogens (tertiary/aromatic N) is 2. The number of hydrogen-bond donors (Lipinski definition) is 2. The molecule has 0 saturated heterocycles. The van der Waals surface area contributed by atoms with Crippen LogP contribution in [0.2, 0.25) is 0 Å². The summed E-state index contributed by atoms with van der Waals surface area (Å²) in [7, 11) is 0. The van der Waals surface area contributed by atoms with Crippen molar-refractivity contribution in [3.8, 4) is 18.4 Å². The Morgan fingerprint density at radius 3 is 2.95 bits per heavy atom. The molecule has 0 saturated carbocycles. The van der Waals surface area contributed by atoms with Gasteiger partial charge in [0.15, 0.2) is 5.01 Å². The van der Waals surface area contributed by atoms with Crippen molar-refractivity contribution in [3.05, 3.63) is 45.8 Å². The summed E-state index contributed by atoms with van der Waals surface area (Å²) in [6.45, 7) is 0. The summed E-state index contributed by atoms with van der Waals surface area (Å²) < 4.78 is 0. The van der Waals surface area contributed by atoms with Gasteiger partial charge in [-0.1, -0.05) is 18.2 Å². The highest BCUT2D eigenvalue weighted by molar-refractivity contribution is 7.10. The molecule has 0 bridgehead atoms. The van der Waals surface area contributed by atoms with Gasteiger partial charge in [0.2, 0.25) is 5.91 Å². The van der Waals surface area contributed by atoms with Crippen molar-refractivity contribution in [3.63, 3.8) is 0 Å². The molecule has 21 heavy (non-hydrogen) atoms. The largest absolute Gasteiger partial charge is 0.320 e. The average Bonchev–Trinajstić information content (AvgIpc) is 2.95. The zero-order valence-electron chi connectivity index (χ0n) is 11.0. The van der Waals surface area contributed by atoms with Crippen molar-refractivity contribution in [2.24, 2.45) is 5.73 Å². The molecular weight excluding hydrogens is 284 g/mol. The molecule has 0 aliphatic heterocycles. The summed E-state index contributed by atoms with van der Waals surface area (Å²) in [5.41, 5.74) is 7.13. The van der Waals surface area contributed by atoms with E-state index in [9.17, 15) is 4.79 Å². The number of terminal acetylenes is 1. The van der Waals surface area contributed by atoms with Gasteiger partial charge in [-0.25, -0.2) is 4.98 Å². The smallest absolute Gasteiger partial charge is 0.242 e. The molecule has 1 aromatic carbocycles. The van der Waals surface area contributed by atoms with Gasteiger partial charge in [0.05, 0.1) is 17.7 Å². The second kappa shape index (κ2) is 6.67. The lowest BCUT2D eigenvalue weighted by atomic mass is 10.0. The second-order valence-corrected chi connectivity index (χ2v) is 5.11. The molecule has 0 aliphatic rings. The maximum absolute atomic E-state index is 12.0. The Kier molecular flexibility index (Phi) is 4.68. The number of nitrogens with two attached hydrogens (primary N) is 1. The lowest BCUT2D eigenvalue weighted by Gasteiger charge is -2.11. The molecule has 0 radical (unpaired) electrons. The quantitative estimate of drug-likeness (QED) is 0.836. The molecule has 2 rings (SSSR count). The number of hydrogen-bond acceptors (Lipinski definition) is 5. The number of anilines is 1. The molecule has 0 spiro atoms. The van der Waals surface area contributed by atoms with Crippen LogP contribution in [0.25, 0.3) is 0 Å². The van der Waals surface area contributed by atoms with Crippen molar-refractivity contribution in [2.45, 2.75) is 12.5 Å². The highest BCUT2D eigenvalue weighted by Crippen LogP contribution is 2.14. The van der Waals surface area contributed by atoms with E-state index in [0.29, 0.717) is 16.4 Å². The predicted molar refractivity (Wildman–Crippen MR) is 81.5 cm³/mol. The Morgan fingerprint density at radius 1 is 1.52 bits per heavy atom. The minimum atomic E-state index is -0.768. The molecule has 0 aliphatic carbocycles. The zero-order valence-corrected chi connectivity index (χ0v) is 11.9. The molecule has 5 nitrogen and oxygen atoms in total. The maximum atomic E-state index is 12.0. The Labute approximate surface area is 126 Å². The fourth-order valence-corrected chi connectivity index (χ4v) is 2.31. The first kappa shape index (κ1) is 14.7. The molecular formula is C15H12N4OS. The summed E-state index contributed by atoms with van der Waals surface area (Å²) in [4.78, 5) is 16.0. The van der Waals surface area contributed by atoms with E-state index >= 15 is 0 Å². The minimum absolute atomic E-state index is 0.279. The van der Waals surface area contributed by atoms with Crippen molar-refractivity contribution in [1.82, 2.24) is 4.98 Å². The van der Waals surface area contributed by atoms with Gasteiger partial charge < -0.3 is 11.1 Å².